The van der Waals surface area contributed by atoms with Crippen LogP contribution in [0.3, 0.4) is 0 Å². The molecule has 2 aromatic carbocycles. The van der Waals surface area contributed by atoms with E-state index in [1.54, 1.807) is 17.8 Å². The molecule has 4 aromatic rings. The first-order valence-corrected chi connectivity index (χ1v) is 10.5. The Morgan fingerprint density at radius 1 is 1.11 bits per heavy atom. The zero-order valence-corrected chi connectivity index (χ0v) is 16.3. The van der Waals surface area contributed by atoms with E-state index in [-0.39, 0.29) is 11.9 Å². The van der Waals surface area contributed by atoms with E-state index in [1.165, 1.54) is 0 Å². The van der Waals surface area contributed by atoms with E-state index in [1.807, 2.05) is 66.9 Å². The molecule has 0 aliphatic rings. The van der Waals surface area contributed by atoms with Crippen molar-refractivity contribution in [2.45, 2.75) is 18.2 Å². The van der Waals surface area contributed by atoms with Crippen molar-refractivity contribution in [3.8, 4) is 0 Å². The van der Waals surface area contributed by atoms with Gasteiger partial charge in [0.05, 0.1) is 22.8 Å². The van der Waals surface area contributed by atoms with Gasteiger partial charge in [0, 0.05) is 0 Å². The highest BCUT2D eigenvalue weighted by atomic mass is 32.2. The predicted octanol–water partition coefficient (Wildman–Crippen LogP) is 4.73. The van der Waals surface area contributed by atoms with Gasteiger partial charge >= 0.3 is 0 Å². The van der Waals surface area contributed by atoms with Crippen LogP contribution in [0.5, 0.6) is 0 Å². The molecule has 2 aromatic heterocycles. The predicted molar refractivity (Wildman–Crippen MR) is 112 cm³/mol. The number of fused-ring (bicyclic) bond motifs is 1. The van der Waals surface area contributed by atoms with E-state index < -0.39 is 0 Å². The molecule has 1 atom stereocenters. The molecule has 6 heteroatoms. The molecule has 2 heterocycles. The Labute approximate surface area is 167 Å². The molecule has 4 rings (SSSR count). The van der Waals surface area contributed by atoms with Crippen LogP contribution < -0.4 is 5.32 Å². The summed E-state index contributed by atoms with van der Waals surface area (Å²) in [7, 11) is 0. The summed E-state index contributed by atoms with van der Waals surface area (Å²) in [5.74, 6) is 2.34. The molecular formula is C22H21N3O2S. The molecular weight excluding hydrogens is 370 g/mol. The molecule has 0 fully saturated rings. The minimum absolute atomic E-state index is 0.242. The van der Waals surface area contributed by atoms with Crippen LogP contribution in [0.15, 0.2) is 71.1 Å². The van der Waals surface area contributed by atoms with Crippen molar-refractivity contribution in [3.05, 3.63) is 89.6 Å². The van der Waals surface area contributed by atoms with E-state index in [0.29, 0.717) is 12.2 Å². The van der Waals surface area contributed by atoms with Crippen molar-refractivity contribution >= 4 is 28.7 Å². The van der Waals surface area contributed by atoms with Gasteiger partial charge in [0.2, 0.25) is 0 Å². The average molecular weight is 391 g/mol. The molecule has 0 aliphatic heterocycles. The molecule has 2 N–H and O–H groups in total. The maximum absolute atomic E-state index is 12.8. The second kappa shape index (κ2) is 8.35. The number of carbonyl (C=O) groups excluding carboxylic acids is 1. The van der Waals surface area contributed by atoms with Gasteiger partial charge in [-0.1, -0.05) is 42.5 Å². The number of thioether (sulfide) groups is 1. The van der Waals surface area contributed by atoms with Crippen LogP contribution >= 0.6 is 11.8 Å². The van der Waals surface area contributed by atoms with E-state index >= 15 is 0 Å². The highest BCUT2D eigenvalue weighted by Crippen LogP contribution is 2.21. The summed E-state index contributed by atoms with van der Waals surface area (Å²) in [5.41, 5.74) is 2.95. The SMILES string of the molecule is CSCc1ccc(C(=O)N[C@@H](Cc2ccccc2)c2nc3ccccc3[nH]2)o1. The molecule has 0 unspecified atom stereocenters. The summed E-state index contributed by atoms with van der Waals surface area (Å²) < 4.78 is 5.67. The smallest absolute Gasteiger partial charge is 0.287 e. The highest BCUT2D eigenvalue weighted by Gasteiger charge is 2.21. The van der Waals surface area contributed by atoms with E-state index in [2.05, 4.69) is 15.3 Å². The summed E-state index contributed by atoms with van der Waals surface area (Å²) >= 11 is 1.65. The molecule has 0 saturated heterocycles. The largest absolute Gasteiger partial charge is 0.455 e. The van der Waals surface area contributed by atoms with Gasteiger partial charge in [-0.15, -0.1) is 0 Å². The number of nitrogens with one attached hydrogen (secondary N) is 2. The number of aromatic nitrogens is 2. The third kappa shape index (κ3) is 4.12. The summed E-state index contributed by atoms with van der Waals surface area (Å²) in [6, 6.07) is 21.2. The maximum atomic E-state index is 12.8. The number of aromatic amines is 1. The van der Waals surface area contributed by atoms with Gasteiger partial charge in [0.1, 0.15) is 11.6 Å². The van der Waals surface area contributed by atoms with Gasteiger partial charge in [0.25, 0.3) is 5.91 Å². The normalized spacial score (nSPS) is 12.2. The fourth-order valence-corrected chi connectivity index (χ4v) is 3.59. The molecule has 0 bridgehead atoms. The lowest BCUT2D eigenvalue weighted by Crippen LogP contribution is -2.30. The topological polar surface area (TPSA) is 70.9 Å². The van der Waals surface area contributed by atoms with Crippen LogP contribution in [0.2, 0.25) is 0 Å². The van der Waals surface area contributed by atoms with Crippen LogP contribution in [-0.2, 0) is 12.2 Å². The number of para-hydroxylation sites is 2. The molecule has 0 aliphatic carbocycles. The lowest BCUT2D eigenvalue weighted by Gasteiger charge is -2.16. The summed E-state index contributed by atoms with van der Waals surface area (Å²) in [6.45, 7) is 0. The first-order valence-electron chi connectivity index (χ1n) is 9.10. The third-order valence-electron chi connectivity index (χ3n) is 4.50. The first-order chi connectivity index (χ1) is 13.7. The summed E-state index contributed by atoms with van der Waals surface area (Å²) in [4.78, 5) is 20.8. The van der Waals surface area contributed by atoms with Crippen LogP contribution in [0.1, 0.15) is 33.7 Å². The lowest BCUT2D eigenvalue weighted by molar-refractivity contribution is 0.0905. The Bertz CT molecular complexity index is 1040. The number of nitrogens with zero attached hydrogens (tertiary/aromatic N) is 1. The van der Waals surface area contributed by atoms with Gasteiger partial charge in [0.15, 0.2) is 5.76 Å². The Balaban J connectivity index is 1.61. The number of rotatable bonds is 7. The molecule has 5 nitrogen and oxygen atoms in total. The van der Waals surface area contributed by atoms with Crippen molar-refractivity contribution < 1.29 is 9.21 Å². The minimum Gasteiger partial charge on any atom is -0.455 e. The van der Waals surface area contributed by atoms with Crippen molar-refractivity contribution in [2.24, 2.45) is 0 Å². The monoisotopic (exact) mass is 391 g/mol. The Kier molecular flexibility index (Phi) is 5.48. The number of imidazole rings is 1. The van der Waals surface area contributed by atoms with Crippen molar-refractivity contribution in [3.63, 3.8) is 0 Å². The lowest BCUT2D eigenvalue weighted by atomic mass is 10.1. The number of amides is 1. The van der Waals surface area contributed by atoms with Crippen LogP contribution in [-0.4, -0.2) is 22.1 Å². The van der Waals surface area contributed by atoms with E-state index in [0.717, 1.165) is 33.9 Å². The van der Waals surface area contributed by atoms with E-state index in [4.69, 9.17) is 4.42 Å². The van der Waals surface area contributed by atoms with Gasteiger partial charge in [-0.3, -0.25) is 4.79 Å². The van der Waals surface area contributed by atoms with Gasteiger partial charge < -0.3 is 14.7 Å². The Morgan fingerprint density at radius 2 is 1.89 bits per heavy atom. The van der Waals surface area contributed by atoms with E-state index in [9.17, 15) is 4.79 Å². The number of carbonyl (C=O) groups is 1. The van der Waals surface area contributed by atoms with Gasteiger partial charge in [-0.2, -0.15) is 11.8 Å². The van der Waals surface area contributed by atoms with Crippen LogP contribution in [0.4, 0.5) is 0 Å². The van der Waals surface area contributed by atoms with Gasteiger partial charge in [-0.25, -0.2) is 4.98 Å². The van der Waals surface area contributed by atoms with Gasteiger partial charge in [-0.05, 0) is 42.5 Å². The third-order valence-corrected chi connectivity index (χ3v) is 5.07. The molecule has 0 saturated carbocycles. The molecule has 28 heavy (non-hydrogen) atoms. The minimum atomic E-state index is -0.295. The average Bonchev–Trinajstić information content (AvgIpc) is 3.35. The first kappa shape index (κ1) is 18.4. The number of hydrogen-bond donors (Lipinski definition) is 2. The zero-order valence-electron chi connectivity index (χ0n) is 15.5. The maximum Gasteiger partial charge on any atom is 0.287 e. The number of furan rings is 1. The number of benzene rings is 2. The second-order valence-corrected chi connectivity index (χ2v) is 7.42. The van der Waals surface area contributed by atoms with Crippen LogP contribution in [0, 0.1) is 0 Å². The Morgan fingerprint density at radius 3 is 2.68 bits per heavy atom. The zero-order chi connectivity index (χ0) is 19.3. The van der Waals surface area contributed by atoms with Crippen molar-refractivity contribution in [1.29, 1.82) is 0 Å². The number of hydrogen-bond acceptors (Lipinski definition) is 4. The molecule has 142 valence electrons. The molecule has 0 radical (unpaired) electrons. The highest BCUT2D eigenvalue weighted by molar-refractivity contribution is 7.97. The summed E-state index contributed by atoms with van der Waals surface area (Å²) in [5, 5.41) is 3.08. The fourth-order valence-electron chi connectivity index (χ4n) is 3.15. The number of H-pyrrole nitrogens is 1. The second-order valence-electron chi connectivity index (χ2n) is 6.55. The van der Waals surface area contributed by atoms with Crippen molar-refractivity contribution in [2.75, 3.05) is 6.26 Å². The molecule has 0 spiro atoms. The standard InChI is InChI=1S/C22H21N3O2S/c1-28-14-16-11-12-20(27-16)22(26)25-19(13-15-7-3-2-4-8-15)21-23-17-9-5-6-10-18(17)24-21/h2-12,19H,13-14H2,1H3,(H,23,24)(H,25,26)/t19-/m0/s1. The Hall–Kier alpha value is -2.99. The summed E-state index contributed by atoms with van der Waals surface area (Å²) in [6.07, 6.45) is 2.63. The molecule has 1 amide bonds. The fraction of sp³-hybridized carbons (Fsp3) is 0.182. The van der Waals surface area contributed by atoms with Crippen molar-refractivity contribution in [1.82, 2.24) is 15.3 Å². The van der Waals surface area contributed by atoms with Crippen LogP contribution in [0.25, 0.3) is 11.0 Å². The quantitative estimate of drug-likeness (QED) is 0.478.